The van der Waals surface area contributed by atoms with E-state index in [0.29, 0.717) is 11.5 Å². The van der Waals surface area contributed by atoms with Crippen molar-refractivity contribution in [2.45, 2.75) is 6.29 Å². The van der Waals surface area contributed by atoms with Gasteiger partial charge in [-0.1, -0.05) is 6.07 Å². The van der Waals surface area contributed by atoms with Crippen molar-refractivity contribution in [3.63, 3.8) is 0 Å². The van der Waals surface area contributed by atoms with Crippen LogP contribution in [0.15, 0.2) is 36.4 Å². The van der Waals surface area contributed by atoms with Crippen molar-refractivity contribution in [1.82, 2.24) is 0 Å². The summed E-state index contributed by atoms with van der Waals surface area (Å²) in [6.07, 6.45) is -3.73. The molecule has 0 unspecified atom stereocenters. The van der Waals surface area contributed by atoms with Gasteiger partial charge in [0, 0.05) is 5.56 Å². The van der Waals surface area contributed by atoms with Crippen LogP contribution in [0.1, 0.15) is 10.4 Å². The van der Waals surface area contributed by atoms with Crippen LogP contribution in [0.25, 0.3) is 0 Å². The first kappa shape index (κ1) is 16.8. The highest BCUT2D eigenvalue weighted by atomic mass is 19.3. The minimum atomic E-state index is -3.73. The number of carbonyl (C=O) groups excluding carboxylic acids is 1. The lowest BCUT2D eigenvalue weighted by atomic mass is 10.1. The zero-order chi connectivity index (χ0) is 18.0. The second-order valence-corrected chi connectivity index (χ2v) is 5.03. The zero-order valence-corrected chi connectivity index (χ0v) is 13.4. The Kier molecular flexibility index (Phi) is 4.35. The van der Waals surface area contributed by atoms with E-state index in [0.717, 1.165) is 0 Å². The molecule has 1 heterocycles. The van der Waals surface area contributed by atoms with Crippen LogP contribution in [0.3, 0.4) is 0 Å². The van der Waals surface area contributed by atoms with Gasteiger partial charge in [-0.3, -0.25) is 4.79 Å². The predicted molar refractivity (Wildman–Crippen MR) is 82.0 cm³/mol. The molecule has 2 aromatic rings. The average Bonchev–Trinajstić information content (AvgIpc) is 2.91. The number of halogens is 2. The molecule has 25 heavy (non-hydrogen) atoms. The summed E-state index contributed by atoms with van der Waals surface area (Å²) < 4.78 is 50.5. The molecule has 132 valence electrons. The fraction of sp³-hybridized carbons (Fsp3) is 0.235. The quantitative estimate of drug-likeness (QED) is 0.744. The van der Waals surface area contributed by atoms with Gasteiger partial charge < -0.3 is 23.7 Å². The molecule has 3 rings (SSSR count). The summed E-state index contributed by atoms with van der Waals surface area (Å²) in [5.41, 5.74) is 0.147. The molecule has 6 nitrogen and oxygen atoms in total. The molecular weight excluding hydrogens is 338 g/mol. The lowest BCUT2D eigenvalue weighted by molar-refractivity contribution is -0.286. The van der Waals surface area contributed by atoms with Gasteiger partial charge in [-0.2, -0.15) is 0 Å². The SMILES string of the molecule is COc1cccc(OC)c1OCC(=O)c1ccc2c(c1)OC(F)(F)O2. The fourth-order valence-electron chi connectivity index (χ4n) is 2.30. The third-order valence-corrected chi connectivity index (χ3v) is 3.45. The topological polar surface area (TPSA) is 63.2 Å². The van der Waals surface area contributed by atoms with Crippen LogP contribution in [0.5, 0.6) is 28.7 Å². The minimum Gasteiger partial charge on any atom is -0.493 e. The van der Waals surface area contributed by atoms with Crippen molar-refractivity contribution in [3.05, 3.63) is 42.0 Å². The van der Waals surface area contributed by atoms with Gasteiger partial charge in [0.2, 0.25) is 5.75 Å². The lowest BCUT2D eigenvalue weighted by Gasteiger charge is -2.13. The Morgan fingerprint density at radius 3 is 2.32 bits per heavy atom. The molecule has 0 fully saturated rings. The van der Waals surface area contributed by atoms with Crippen LogP contribution in [-0.2, 0) is 0 Å². The Morgan fingerprint density at radius 1 is 1.04 bits per heavy atom. The zero-order valence-electron chi connectivity index (χ0n) is 13.4. The number of benzene rings is 2. The van der Waals surface area contributed by atoms with Gasteiger partial charge in [-0.15, -0.1) is 8.78 Å². The normalized spacial score (nSPS) is 14.1. The van der Waals surface area contributed by atoms with E-state index in [1.54, 1.807) is 18.2 Å². The van der Waals surface area contributed by atoms with Gasteiger partial charge in [0.25, 0.3) is 0 Å². The van der Waals surface area contributed by atoms with E-state index in [4.69, 9.17) is 14.2 Å². The monoisotopic (exact) mass is 352 g/mol. The van der Waals surface area contributed by atoms with Crippen molar-refractivity contribution in [2.24, 2.45) is 0 Å². The molecule has 1 aliphatic rings. The molecule has 0 N–H and O–H groups in total. The van der Waals surface area contributed by atoms with Gasteiger partial charge in [0.1, 0.15) is 0 Å². The first-order valence-corrected chi connectivity index (χ1v) is 7.20. The maximum atomic E-state index is 13.0. The van der Waals surface area contributed by atoms with Crippen LogP contribution in [-0.4, -0.2) is 32.9 Å². The largest absolute Gasteiger partial charge is 0.586 e. The van der Waals surface area contributed by atoms with Crippen LogP contribution < -0.4 is 23.7 Å². The maximum Gasteiger partial charge on any atom is 0.586 e. The number of ether oxygens (including phenoxy) is 5. The van der Waals surface area contributed by atoms with E-state index >= 15 is 0 Å². The summed E-state index contributed by atoms with van der Waals surface area (Å²) in [6, 6.07) is 8.81. The summed E-state index contributed by atoms with van der Waals surface area (Å²) in [4.78, 5) is 12.3. The number of hydrogen-bond acceptors (Lipinski definition) is 6. The highest BCUT2D eigenvalue weighted by Crippen LogP contribution is 2.41. The number of methoxy groups -OCH3 is 2. The Balaban J connectivity index is 1.75. The number of hydrogen-bond donors (Lipinski definition) is 0. The highest BCUT2D eigenvalue weighted by Gasteiger charge is 2.43. The van der Waals surface area contributed by atoms with E-state index in [-0.39, 0.29) is 29.4 Å². The van der Waals surface area contributed by atoms with Gasteiger partial charge >= 0.3 is 6.29 Å². The molecule has 0 saturated heterocycles. The number of ketones is 1. The molecule has 0 bridgehead atoms. The van der Waals surface area contributed by atoms with Crippen LogP contribution in [0.4, 0.5) is 8.78 Å². The number of Topliss-reactive ketones (excluding diaryl/α,β-unsaturated/α-hetero) is 1. The van der Waals surface area contributed by atoms with Crippen LogP contribution in [0.2, 0.25) is 0 Å². The van der Waals surface area contributed by atoms with Crippen molar-refractivity contribution in [1.29, 1.82) is 0 Å². The molecule has 8 heteroatoms. The minimum absolute atomic E-state index is 0.131. The Bertz CT molecular complexity index is 783. The van der Waals surface area contributed by atoms with Crippen molar-refractivity contribution in [3.8, 4) is 28.7 Å². The molecule has 2 aromatic carbocycles. The predicted octanol–water partition coefficient (Wildman–Crippen LogP) is 3.29. The van der Waals surface area contributed by atoms with Crippen molar-refractivity contribution in [2.75, 3.05) is 20.8 Å². The number of para-hydroxylation sites is 1. The molecule has 0 spiro atoms. The van der Waals surface area contributed by atoms with E-state index in [9.17, 15) is 13.6 Å². The second-order valence-electron chi connectivity index (χ2n) is 5.03. The number of carbonyl (C=O) groups is 1. The number of fused-ring (bicyclic) bond motifs is 1. The van der Waals surface area contributed by atoms with Crippen molar-refractivity contribution >= 4 is 5.78 Å². The molecule has 0 atom stereocenters. The molecule has 0 saturated carbocycles. The van der Waals surface area contributed by atoms with Gasteiger partial charge in [0.05, 0.1) is 14.2 Å². The van der Waals surface area contributed by atoms with Crippen LogP contribution in [0, 0.1) is 0 Å². The average molecular weight is 352 g/mol. The lowest BCUT2D eigenvalue weighted by Crippen LogP contribution is -2.25. The summed E-state index contributed by atoms with van der Waals surface area (Å²) in [5, 5.41) is 0. The van der Waals surface area contributed by atoms with E-state index in [1.165, 1.54) is 32.4 Å². The molecular formula is C17H14F2O6. The molecule has 0 aromatic heterocycles. The number of alkyl halides is 2. The Labute approximate surface area is 141 Å². The van der Waals surface area contributed by atoms with E-state index in [1.807, 2.05) is 0 Å². The van der Waals surface area contributed by atoms with E-state index < -0.39 is 12.1 Å². The van der Waals surface area contributed by atoms with Gasteiger partial charge in [-0.25, -0.2) is 0 Å². The maximum absolute atomic E-state index is 13.0. The highest BCUT2D eigenvalue weighted by molar-refractivity contribution is 5.98. The van der Waals surface area contributed by atoms with Crippen LogP contribution >= 0.6 is 0 Å². The smallest absolute Gasteiger partial charge is 0.493 e. The summed E-state index contributed by atoms with van der Waals surface area (Å²) in [6.45, 7) is -0.341. The summed E-state index contributed by atoms with van der Waals surface area (Å²) in [7, 11) is 2.92. The Hall–Kier alpha value is -3.03. The summed E-state index contributed by atoms with van der Waals surface area (Å²) in [5.74, 6) is 0.303. The third-order valence-electron chi connectivity index (χ3n) is 3.45. The first-order chi connectivity index (χ1) is 11.9. The summed E-state index contributed by atoms with van der Waals surface area (Å²) >= 11 is 0. The van der Waals surface area contributed by atoms with E-state index in [2.05, 4.69) is 9.47 Å². The molecule has 0 radical (unpaired) electrons. The first-order valence-electron chi connectivity index (χ1n) is 7.20. The second kappa shape index (κ2) is 6.46. The van der Waals surface area contributed by atoms with Crippen molar-refractivity contribution < 1.29 is 37.3 Å². The van der Waals surface area contributed by atoms with Gasteiger partial charge in [0.15, 0.2) is 35.4 Å². The van der Waals surface area contributed by atoms with Gasteiger partial charge in [-0.05, 0) is 30.3 Å². The number of rotatable bonds is 6. The molecule has 0 amide bonds. The Morgan fingerprint density at radius 2 is 1.68 bits per heavy atom. The third kappa shape index (κ3) is 3.42. The molecule has 0 aliphatic carbocycles. The molecule has 1 aliphatic heterocycles. The fourth-order valence-corrected chi connectivity index (χ4v) is 2.30. The standard InChI is InChI=1S/C17H14F2O6/c1-21-13-4-3-5-14(22-2)16(13)23-9-11(20)10-6-7-12-15(8-10)25-17(18,19)24-12/h3-8H,9H2,1-2H3.